The van der Waals surface area contributed by atoms with Crippen LogP contribution in [0, 0.1) is 5.82 Å². The molecule has 2 heterocycles. The van der Waals surface area contributed by atoms with E-state index in [0.29, 0.717) is 11.8 Å². The van der Waals surface area contributed by atoms with Gasteiger partial charge in [0.15, 0.2) is 0 Å². The molecule has 0 atom stereocenters. The standard InChI is InChI=1S/C22H17FN4O5S/c23-16-8-4-1-5-13(16)11-17-21(31)26(22(32)33-17)10-9-24-18(28)12-27-20(30)15-7-3-2-6-14(15)19(29)25-27/h1-8,11H,9-10,12H2,(H,24,28)(H,25,29)/b17-11+. The summed E-state index contributed by atoms with van der Waals surface area (Å²) in [6.45, 7) is -0.599. The number of hydrogen-bond donors (Lipinski definition) is 2. The molecule has 3 aromatic rings. The molecule has 11 heteroatoms. The molecule has 0 spiro atoms. The van der Waals surface area contributed by atoms with Crippen LogP contribution in [0.1, 0.15) is 5.56 Å². The Labute approximate surface area is 189 Å². The summed E-state index contributed by atoms with van der Waals surface area (Å²) in [6.07, 6.45) is 1.31. The zero-order valence-corrected chi connectivity index (χ0v) is 17.9. The van der Waals surface area contributed by atoms with Crippen LogP contribution in [0.3, 0.4) is 0 Å². The number of rotatable bonds is 6. The second-order valence-corrected chi connectivity index (χ2v) is 8.08. The number of hydrogen-bond acceptors (Lipinski definition) is 6. The van der Waals surface area contributed by atoms with Crippen LogP contribution in [-0.2, 0) is 16.1 Å². The zero-order valence-electron chi connectivity index (χ0n) is 17.0. The van der Waals surface area contributed by atoms with E-state index in [-0.39, 0.29) is 34.3 Å². The molecule has 1 saturated heterocycles. The van der Waals surface area contributed by atoms with Gasteiger partial charge in [0.2, 0.25) is 5.91 Å². The number of nitrogens with one attached hydrogen (secondary N) is 2. The number of H-pyrrole nitrogens is 1. The quantitative estimate of drug-likeness (QED) is 0.531. The number of halogens is 1. The highest BCUT2D eigenvalue weighted by molar-refractivity contribution is 8.18. The van der Waals surface area contributed by atoms with Crippen molar-refractivity contribution in [2.75, 3.05) is 13.1 Å². The van der Waals surface area contributed by atoms with Gasteiger partial charge < -0.3 is 5.32 Å². The average Bonchev–Trinajstić information content (AvgIpc) is 3.06. The van der Waals surface area contributed by atoms with Gasteiger partial charge >= 0.3 is 0 Å². The normalized spacial score (nSPS) is 14.9. The van der Waals surface area contributed by atoms with Crippen molar-refractivity contribution in [3.8, 4) is 0 Å². The molecule has 0 radical (unpaired) electrons. The molecule has 2 aromatic carbocycles. The summed E-state index contributed by atoms with van der Waals surface area (Å²) in [7, 11) is 0. The molecular formula is C22H17FN4O5S. The maximum atomic E-state index is 13.8. The first-order chi connectivity index (χ1) is 15.8. The average molecular weight is 468 g/mol. The Morgan fingerprint density at radius 1 is 1.03 bits per heavy atom. The number of imide groups is 1. The van der Waals surface area contributed by atoms with E-state index in [1.165, 1.54) is 36.4 Å². The van der Waals surface area contributed by atoms with Crippen LogP contribution >= 0.6 is 11.8 Å². The van der Waals surface area contributed by atoms with Crippen molar-refractivity contribution >= 4 is 45.7 Å². The van der Waals surface area contributed by atoms with Gasteiger partial charge in [0.25, 0.3) is 22.3 Å². The zero-order chi connectivity index (χ0) is 23.5. The topological polar surface area (TPSA) is 121 Å². The molecule has 33 heavy (non-hydrogen) atoms. The molecule has 0 unspecified atom stereocenters. The summed E-state index contributed by atoms with van der Waals surface area (Å²) < 4.78 is 14.7. The first-order valence-electron chi connectivity index (χ1n) is 9.83. The van der Waals surface area contributed by atoms with E-state index in [1.807, 2.05) is 0 Å². The molecule has 3 amide bonds. The number of nitrogens with zero attached hydrogens (tertiary/aromatic N) is 2. The largest absolute Gasteiger partial charge is 0.353 e. The van der Waals surface area contributed by atoms with Crippen molar-refractivity contribution in [1.29, 1.82) is 0 Å². The highest BCUT2D eigenvalue weighted by Crippen LogP contribution is 2.32. The fraction of sp³-hybridized carbons (Fsp3) is 0.136. The third-order valence-corrected chi connectivity index (χ3v) is 5.82. The highest BCUT2D eigenvalue weighted by atomic mass is 32.2. The van der Waals surface area contributed by atoms with Crippen LogP contribution < -0.4 is 16.4 Å². The SMILES string of the molecule is O=C(Cn1[nH]c(=O)c2ccccc2c1=O)NCCN1C(=O)S/C(=C/c2ccccc2F)C1=O. The molecule has 1 aliphatic rings. The van der Waals surface area contributed by atoms with Crippen LogP contribution in [0.5, 0.6) is 0 Å². The summed E-state index contributed by atoms with van der Waals surface area (Å²) >= 11 is 0.685. The van der Waals surface area contributed by atoms with E-state index in [9.17, 15) is 28.4 Å². The molecule has 4 rings (SSSR count). The number of amides is 3. The lowest BCUT2D eigenvalue weighted by Gasteiger charge is -2.13. The van der Waals surface area contributed by atoms with Gasteiger partial charge in [0, 0.05) is 18.7 Å². The Morgan fingerprint density at radius 2 is 1.73 bits per heavy atom. The van der Waals surface area contributed by atoms with Gasteiger partial charge in [-0.05, 0) is 36.0 Å². The molecule has 168 valence electrons. The number of carbonyl (C=O) groups is 3. The number of carbonyl (C=O) groups excluding carboxylic acids is 3. The first-order valence-corrected chi connectivity index (χ1v) is 10.7. The number of benzene rings is 2. The third-order valence-electron chi connectivity index (χ3n) is 4.91. The maximum Gasteiger partial charge on any atom is 0.293 e. The van der Waals surface area contributed by atoms with Crippen molar-refractivity contribution in [2.45, 2.75) is 6.54 Å². The van der Waals surface area contributed by atoms with Crippen molar-refractivity contribution in [2.24, 2.45) is 0 Å². The van der Waals surface area contributed by atoms with Crippen molar-refractivity contribution < 1.29 is 18.8 Å². The summed E-state index contributed by atoms with van der Waals surface area (Å²) in [5, 5.41) is 4.75. The molecule has 0 bridgehead atoms. The molecule has 1 fully saturated rings. The predicted molar refractivity (Wildman–Crippen MR) is 121 cm³/mol. The van der Waals surface area contributed by atoms with Gasteiger partial charge in [-0.15, -0.1) is 0 Å². The van der Waals surface area contributed by atoms with E-state index in [4.69, 9.17) is 0 Å². The van der Waals surface area contributed by atoms with Gasteiger partial charge in [0.05, 0.1) is 15.7 Å². The maximum absolute atomic E-state index is 13.8. The van der Waals surface area contributed by atoms with Gasteiger partial charge in [-0.25, -0.2) is 9.07 Å². The van der Waals surface area contributed by atoms with E-state index in [2.05, 4.69) is 10.4 Å². The van der Waals surface area contributed by atoms with Crippen LogP contribution in [-0.4, -0.2) is 44.8 Å². The van der Waals surface area contributed by atoms with Crippen molar-refractivity contribution in [1.82, 2.24) is 20.0 Å². The van der Waals surface area contributed by atoms with Crippen LogP contribution in [0.15, 0.2) is 63.0 Å². The Hall–Kier alpha value is -3.99. The first kappa shape index (κ1) is 22.2. The molecule has 1 aromatic heterocycles. The van der Waals surface area contributed by atoms with Crippen molar-refractivity contribution in [3.63, 3.8) is 0 Å². The fourth-order valence-corrected chi connectivity index (χ4v) is 4.15. The van der Waals surface area contributed by atoms with E-state index < -0.39 is 40.5 Å². The number of aromatic nitrogens is 2. The molecule has 0 saturated carbocycles. The smallest absolute Gasteiger partial charge is 0.293 e. The summed E-state index contributed by atoms with van der Waals surface area (Å²) in [5.74, 6) is -1.69. The van der Waals surface area contributed by atoms with Crippen LogP contribution in [0.2, 0.25) is 0 Å². The lowest BCUT2D eigenvalue weighted by molar-refractivity contribution is -0.124. The molecule has 9 nitrogen and oxygen atoms in total. The fourth-order valence-electron chi connectivity index (χ4n) is 3.29. The molecule has 0 aliphatic carbocycles. The number of thioether (sulfide) groups is 1. The molecule has 2 N–H and O–H groups in total. The van der Waals surface area contributed by atoms with Crippen LogP contribution in [0.25, 0.3) is 16.8 Å². The Morgan fingerprint density at radius 3 is 2.48 bits per heavy atom. The highest BCUT2D eigenvalue weighted by Gasteiger charge is 2.34. The third kappa shape index (κ3) is 4.62. The van der Waals surface area contributed by atoms with E-state index in [1.54, 1.807) is 18.2 Å². The van der Waals surface area contributed by atoms with Gasteiger partial charge in [0.1, 0.15) is 12.4 Å². The monoisotopic (exact) mass is 468 g/mol. The number of fused-ring (bicyclic) bond motifs is 1. The minimum Gasteiger partial charge on any atom is -0.353 e. The second-order valence-electron chi connectivity index (χ2n) is 7.08. The van der Waals surface area contributed by atoms with E-state index in [0.717, 1.165) is 9.58 Å². The Balaban J connectivity index is 1.38. The number of aromatic amines is 1. The van der Waals surface area contributed by atoms with E-state index >= 15 is 0 Å². The predicted octanol–water partition coefficient (Wildman–Crippen LogP) is 1.68. The van der Waals surface area contributed by atoms with Gasteiger partial charge in [-0.3, -0.25) is 34.0 Å². The summed E-state index contributed by atoms with van der Waals surface area (Å²) in [4.78, 5) is 62.5. The minimum absolute atomic E-state index is 0.0591. The Kier molecular flexibility index (Phi) is 6.22. The lowest BCUT2D eigenvalue weighted by atomic mass is 10.2. The van der Waals surface area contributed by atoms with Gasteiger partial charge in [-0.1, -0.05) is 30.3 Å². The Bertz CT molecular complexity index is 1430. The van der Waals surface area contributed by atoms with Crippen LogP contribution in [0.4, 0.5) is 9.18 Å². The summed E-state index contributed by atoms with van der Waals surface area (Å²) in [6, 6.07) is 12.1. The van der Waals surface area contributed by atoms with Crippen molar-refractivity contribution in [3.05, 3.63) is 85.5 Å². The molecular weight excluding hydrogens is 451 g/mol. The second kappa shape index (κ2) is 9.25. The lowest BCUT2D eigenvalue weighted by Crippen LogP contribution is -2.40. The molecule has 1 aliphatic heterocycles. The van der Waals surface area contributed by atoms with Gasteiger partial charge in [-0.2, -0.15) is 0 Å². The minimum atomic E-state index is -0.586. The summed E-state index contributed by atoms with van der Waals surface area (Å²) in [5.41, 5.74) is -0.840.